The topological polar surface area (TPSA) is 67.8 Å². The van der Waals surface area contributed by atoms with Crippen molar-refractivity contribution in [1.82, 2.24) is 5.32 Å². The van der Waals surface area contributed by atoms with Gasteiger partial charge in [-0.3, -0.25) is 4.79 Å². The smallest absolute Gasteiger partial charge is 0.258 e. The lowest BCUT2D eigenvalue weighted by Crippen LogP contribution is -2.47. The number of carbonyl (C=O) groups excluding carboxylic acids is 1. The van der Waals surface area contributed by atoms with E-state index in [-0.39, 0.29) is 19.1 Å². The lowest BCUT2D eigenvalue weighted by Gasteiger charge is -2.33. The van der Waals surface area contributed by atoms with Gasteiger partial charge in [0.25, 0.3) is 5.91 Å². The van der Waals surface area contributed by atoms with Gasteiger partial charge in [0.05, 0.1) is 12.7 Å². The fraction of sp³-hybridized carbons (Fsp3) is 0.350. The minimum Gasteiger partial charge on any atom is -0.493 e. The van der Waals surface area contributed by atoms with E-state index in [0.717, 1.165) is 12.0 Å². The van der Waals surface area contributed by atoms with Gasteiger partial charge >= 0.3 is 0 Å². The Hall–Kier alpha value is -2.53. The van der Waals surface area contributed by atoms with Crippen molar-refractivity contribution in [2.75, 3.05) is 20.3 Å². The minimum absolute atomic E-state index is 0.118. The first-order chi connectivity index (χ1) is 12.1. The molecule has 3 rings (SSSR count). The van der Waals surface area contributed by atoms with Gasteiger partial charge in [0, 0.05) is 13.0 Å². The molecule has 0 bridgehead atoms. The number of hydrogen-bond acceptors (Lipinski definition) is 4. The van der Waals surface area contributed by atoms with Crippen molar-refractivity contribution in [3.63, 3.8) is 0 Å². The van der Waals surface area contributed by atoms with E-state index in [2.05, 4.69) is 11.4 Å². The number of carbonyl (C=O) groups is 1. The number of nitrogens with one attached hydrogen (secondary N) is 1. The Labute approximate surface area is 147 Å². The number of rotatable bonds is 6. The van der Waals surface area contributed by atoms with Gasteiger partial charge < -0.3 is 19.9 Å². The highest BCUT2D eigenvalue weighted by Crippen LogP contribution is 2.28. The molecule has 0 spiro atoms. The summed E-state index contributed by atoms with van der Waals surface area (Å²) in [5, 5.41) is 13.5. The maximum Gasteiger partial charge on any atom is 0.258 e. The Morgan fingerprint density at radius 2 is 1.80 bits per heavy atom. The lowest BCUT2D eigenvalue weighted by atomic mass is 9.80. The van der Waals surface area contributed by atoms with E-state index in [4.69, 9.17) is 9.47 Å². The summed E-state index contributed by atoms with van der Waals surface area (Å²) < 4.78 is 10.7. The third-order valence-corrected chi connectivity index (χ3v) is 4.54. The number of para-hydroxylation sites is 2. The molecule has 0 saturated carbocycles. The number of aryl methyl sites for hydroxylation is 1. The first-order valence-corrected chi connectivity index (χ1v) is 8.41. The van der Waals surface area contributed by atoms with Gasteiger partial charge in [-0.2, -0.15) is 0 Å². The average Bonchev–Trinajstić information content (AvgIpc) is 2.65. The molecule has 1 atom stereocenters. The molecule has 1 amide bonds. The van der Waals surface area contributed by atoms with Gasteiger partial charge in [0.2, 0.25) is 0 Å². The van der Waals surface area contributed by atoms with Crippen molar-refractivity contribution in [3.05, 3.63) is 59.7 Å². The zero-order valence-electron chi connectivity index (χ0n) is 14.3. The fourth-order valence-electron chi connectivity index (χ4n) is 3.13. The summed E-state index contributed by atoms with van der Waals surface area (Å²) in [6.45, 7) is 0.0997. The van der Waals surface area contributed by atoms with E-state index in [1.807, 2.05) is 30.3 Å². The second-order valence-electron chi connectivity index (χ2n) is 6.39. The molecule has 0 fully saturated rings. The first kappa shape index (κ1) is 17.3. The van der Waals surface area contributed by atoms with Crippen LogP contribution in [0.3, 0.4) is 0 Å². The van der Waals surface area contributed by atoms with Gasteiger partial charge in [-0.1, -0.05) is 36.4 Å². The number of ether oxygens (including phenoxy) is 2. The molecule has 5 heteroatoms. The van der Waals surface area contributed by atoms with Crippen LogP contribution in [0.1, 0.15) is 17.5 Å². The second kappa shape index (κ2) is 7.57. The molecular weight excluding hydrogens is 318 g/mol. The van der Waals surface area contributed by atoms with Crippen molar-refractivity contribution in [3.8, 4) is 11.5 Å². The molecule has 5 nitrogen and oxygen atoms in total. The van der Waals surface area contributed by atoms with Gasteiger partial charge in [-0.05, 0) is 36.1 Å². The molecule has 0 aliphatic heterocycles. The molecule has 1 unspecified atom stereocenters. The summed E-state index contributed by atoms with van der Waals surface area (Å²) in [6.07, 6.45) is 2.01. The number of benzene rings is 2. The van der Waals surface area contributed by atoms with Crippen molar-refractivity contribution in [1.29, 1.82) is 0 Å². The highest BCUT2D eigenvalue weighted by molar-refractivity contribution is 5.77. The van der Waals surface area contributed by atoms with Crippen molar-refractivity contribution >= 4 is 5.91 Å². The Bertz CT molecular complexity index is 746. The van der Waals surface area contributed by atoms with Gasteiger partial charge in [-0.25, -0.2) is 0 Å². The zero-order chi connectivity index (χ0) is 17.7. The number of amides is 1. The summed E-state index contributed by atoms with van der Waals surface area (Å²) >= 11 is 0. The molecule has 0 saturated heterocycles. The predicted molar refractivity (Wildman–Crippen MR) is 94.9 cm³/mol. The third kappa shape index (κ3) is 4.31. The van der Waals surface area contributed by atoms with Crippen LogP contribution in [0.4, 0.5) is 0 Å². The van der Waals surface area contributed by atoms with Crippen molar-refractivity contribution in [2.24, 2.45) is 0 Å². The molecule has 1 aliphatic carbocycles. The zero-order valence-corrected chi connectivity index (χ0v) is 14.3. The first-order valence-electron chi connectivity index (χ1n) is 8.41. The van der Waals surface area contributed by atoms with E-state index in [1.165, 1.54) is 5.56 Å². The molecule has 25 heavy (non-hydrogen) atoms. The van der Waals surface area contributed by atoms with Crippen LogP contribution in [-0.4, -0.2) is 36.9 Å². The Kier molecular flexibility index (Phi) is 5.24. The highest BCUT2D eigenvalue weighted by atomic mass is 16.5. The summed E-state index contributed by atoms with van der Waals surface area (Å²) in [4.78, 5) is 12.1. The van der Waals surface area contributed by atoms with Gasteiger partial charge in [0.1, 0.15) is 0 Å². The Morgan fingerprint density at radius 3 is 2.56 bits per heavy atom. The van der Waals surface area contributed by atoms with Crippen molar-refractivity contribution < 1.29 is 19.4 Å². The SMILES string of the molecule is COc1ccccc1OCC(=O)NCC1(O)CCc2ccccc2C1. The summed E-state index contributed by atoms with van der Waals surface area (Å²) in [7, 11) is 1.55. The maximum absolute atomic E-state index is 12.1. The summed E-state index contributed by atoms with van der Waals surface area (Å²) in [5.74, 6) is 0.835. The van der Waals surface area contributed by atoms with Crippen LogP contribution < -0.4 is 14.8 Å². The normalized spacial score (nSPS) is 19.0. The number of fused-ring (bicyclic) bond motifs is 1. The van der Waals surface area contributed by atoms with Crippen LogP contribution in [0, 0.1) is 0 Å². The number of methoxy groups -OCH3 is 1. The van der Waals surface area contributed by atoms with Crippen LogP contribution in [0.15, 0.2) is 48.5 Å². The van der Waals surface area contributed by atoms with E-state index in [1.54, 1.807) is 19.2 Å². The number of hydrogen-bond donors (Lipinski definition) is 2. The van der Waals surface area contributed by atoms with E-state index in [0.29, 0.717) is 24.3 Å². The van der Waals surface area contributed by atoms with E-state index >= 15 is 0 Å². The van der Waals surface area contributed by atoms with Crippen LogP contribution in [-0.2, 0) is 17.6 Å². The standard InChI is InChI=1S/C20H23NO4/c1-24-17-8-4-5-9-18(17)25-13-19(22)21-14-20(23)11-10-15-6-2-3-7-16(15)12-20/h2-9,23H,10-14H2,1H3,(H,21,22). The molecule has 0 heterocycles. The average molecular weight is 341 g/mol. The molecule has 0 aromatic heterocycles. The molecule has 1 aliphatic rings. The van der Waals surface area contributed by atoms with Gasteiger partial charge in [0.15, 0.2) is 18.1 Å². The monoisotopic (exact) mass is 341 g/mol. The lowest BCUT2D eigenvalue weighted by molar-refractivity contribution is -0.124. The van der Waals surface area contributed by atoms with E-state index < -0.39 is 5.60 Å². The van der Waals surface area contributed by atoms with Gasteiger partial charge in [-0.15, -0.1) is 0 Å². The van der Waals surface area contributed by atoms with Crippen LogP contribution in [0.25, 0.3) is 0 Å². The molecule has 0 radical (unpaired) electrons. The molecular formula is C20H23NO4. The molecule has 132 valence electrons. The minimum atomic E-state index is -0.908. The Morgan fingerprint density at radius 1 is 1.12 bits per heavy atom. The van der Waals surface area contributed by atoms with Crippen LogP contribution >= 0.6 is 0 Å². The third-order valence-electron chi connectivity index (χ3n) is 4.54. The second-order valence-corrected chi connectivity index (χ2v) is 6.39. The largest absolute Gasteiger partial charge is 0.493 e. The summed E-state index contributed by atoms with van der Waals surface area (Å²) in [6, 6.07) is 15.3. The number of aliphatic hydroxyl groups is 1. The van der Waals surface area contributed by atoms with Crippen LogP contribution in [0.2, 0.25) is 0 Å². The fourth-order valence-corrected chi connectivity index (χ4v) is 3.13. The van der Waals surface area contributed by atoms with E-state index in [9.17, 15) is 9.90 Å². The van der Waals surface area contributed by atoms with Crippen molar-refractivity contribution in [2.45, 2.75) is 24.9 Å². The van der Waals surface area contributed by atoms with Crippen LogP contribution in [0.5, 0.6) is 11.5 Å². The predicted octanol–water partition coefficient (Wildman–Crippen LogP) is 2.11. The molecule has 2 aromatic rings. The maximum atomic E-state index is 12.1. The molecule has 2 aromatic carbocycles. The Balaban J connectivity index is 1.51. The molecule has 2 N–H and O–H groups in total. The highest BCUT2D eigenvalue weighted by Gasteiger charge is 2.32. The quantitative estimate of drug-likeness (QED) is 0.844. The summed E-state index contributed by atoms with van der Waals surface area (Å²) in [5.41, 5.74) is 1.52.